The lowest BCUT2D eigenvalue weighted by atomic mass is 9.93. The molecule has 0 saturated carbocycles. The lowest BCUT2D eigenvalue weighted by Gasteiger charge is -2.21. The molecule has 0 saturated heterocycles. The summed E-state index contributed by atoms with van der Waals surface area (Å²) in [7, 11) is 0. The molecule has 20 heavy (non-hydrogen) atoms. The molecule has 0 atom stereocenters. The lowest BCUT2D eigenvalue weighted by Crippen LogP contribution is -2.10. The second-order valence-corrected chi connectivity index (χ2v) is 5.10. The first-order valence-electron chi connectivity index (χ1n) is 6.76. The van der Waals surface area contributed by atoms with Crippen LogP contribution in [0.3, 0.4) is 0 Å². The molecular formula is C17H16O3. The lowest BCUT2D eigenvalue weighted by molar-refractivity contribution is 0.0697. The van der Waals surface area contributed by atoms with Gasteiger partial charge in [-0.15, -0.1) is 0 Å². The van der Waals surface area contributed by atoms with Gasteiger partial charge in [0, 0.05) is 11.1 Å². The van der Waals surface area contributed by atoms with Gasteiger partial charge in [0.2, 0.25) is 0 Å². The van der Waals surface area contributed by atoms with E-state index in [1.54, 1.807) is 6.07 Å². The first kappa shape index (κ1) is 12.7. The van der Waals surface area contributed by atoms with E-state index in [0.29, 0.717) is 12.2 Å². The van der Waals surface area contributed by atoms with Crippen molar-refractivity contribution in [2.45, 2.75) is 19.8 Å². The van der Waals surface area contributed by atoms with Crippen molar-refractivity contribution in [2.24, 2.45) is 0 Å². The molecule has 1 heterocycles. The summed E-state index contributed by atoms with van der Waals surface area (Å²) in [5, 5.41) is 9.38. The average molecular weight is 268 g/mol. The van der Waals surface area contributed by atoms with E-state index in [9.17, 15) is 9.90 Å². The van der Waals surface area contributed by atoms with Gasteiger partial charge in [0.15, 0.2) is 0 Å². The fraction of sp³-hybridized carbons (Fsp3) is 0.235. The van der Waals surface area contributed by atoms with Crippen molar-refractivity contribution < 1.29 is 14.6 Å². The summed E-state index contributed by atoms with van der Waals surface area (Å²) in [6, 6.07) is 11.4. The number of fused-ring (bicyclic) bond motifs is 1. The number of aromatic carboxylic acids is 1. The Balaban J connectivity index is 2.23. The normalized spacial score (nSPS) is 13.4. The molecule has 0 radical (unpaired) electrons. The number of para-hydroxylation sites is 1. The van der Waals surface area contributed by atoms with Gasteiger partial charge in [-0.3, -0.25) is 0 Å². The van der Waals surface area contributed by atoms with Crippen molar-refractivity contribution in [1.82, 2.24) is 0 Å². The van der Waals surface area contributed by atoms with Crippen LogP contribution in [-0.2, 0) is 6.42 Å². The SMILES string of the molecule is Cc1ccc(C(=O)O)c(-c2cccc3c2OCCC3)c1. The third-order valence-corrected chi connectivity index (χ3v) is 3.63. The number of carbonyl (C=O) groups is 1. The van der Waals surface area contributed by atoms with Crippen LogP contribution in [0.2, 0.25) is 0 Å². The van der Waals surface area contributed by atoms with Crippen LogP contribution in [0.15, 0.2) is 36.4 Å². The third kappa shape index (κ3) is 2.16. The number of carboxylic acid groups (broad SMARTS) is 1. The summed E-state index contributed by atoms with van der Waals surface area (Å²) in [4.78, 5) is 11.4. The molecule has 3 rings (SSSR count). The summed E-state index contributed by atoms with van der Waals surface area (Å²) in [5.74, 6) is -0.0692. The highest BCUT2D eigenvalue weighted by Crippen LogP contribution is 2.38. The van der Waals surface area contributed by atoms with Gasteiger partial charge in [-0.2, -0.15) is 0 Å². The zero-order valence-electron chi connectivity index (χ0n) is 11.3. The summed E-state index contributed by atoms with van der Waals surface area (Å²) in [5.41, 5.74) is 4.13. The molecule has 2 aromatic rings. The largest absolute Gasteiger partial charge is 0.493 e. The molecular weight excluding hydrogens is 252 g/mol. The molecule has 1 aliphatic rings. The molecule has 3 nitrogen and oxygen atoms in total. The van der Waals surface area contributed by atoms with Crippen LogP contribution in [0.1, 0.15) is 27.9 Å². The topological polar surface area (TPSA) is 46.5 Å². The molecule has 102 valence electrons. The minimum absolute atomic E-state index is 0.318. The van der Waals surface area contributed by atoms with Crippen LogP contribution >= 0.6 is 0 Å². The van der Waals surface area contributed by atoms with E-state index in [2.05, 4.69) is 0 Å². The predicted molar refractivity (Wildman–Crippen MR) is 77.4 cm³/mol. The molecule has 0 aliphatic carbocycles. The van der Waals surface area contributed by atoms with Crippen LogP contribution in [-0.4, -0.2) is 17.7 Å². The number of hydrogen-bond donors (Lipinski definition) is 1. The van der Waals surface area contributed by atoms with Crippen molar-refractivity contribution in [3.63, 3.8) is 0 Å². The van der Waals surface area contributed by atoms with Crippen LogP contribution in [0.25, 0.3) is 11.1 Å². The van der Waals surface area contributed by atoms with E-state index < -0.39 is 5.97 Å². The predicted octanol–water partition coefficient (Wildman–Crippen LogP) is 3.69. The van der Waals surface area contributed by atoms with Crippen LogP contribution in [0.4, 0.5) is 0 Å². The van der Waals surface area contributed by atoms with Crippen molar-refractivity contribution in [3.05, 3.63) is 53.1 Å². The first-order valence-corrected chi connectivity index (χ1v) is 6.76. The first-order chi connectivity index (χ1) is 9.66. The highest BCUT2D eigenvalue weighted by atomic mass is 16.5. The van der Waals surface area contributed by atoms with Gasteiger partial charge in [-0.25, -0.2) is 4.79 Å². The minimum Gasteiger partial charge on any atom is -0.493 e. The number of rotatable bonds is 2. The van der Waals surface area contributed by atoms with Crippen molar-refractivity contribution in [2.75, 3.05) is 6.61 Å². The Morgan fingerprint density at radius 2 is 2.05 bits per heavy atom. The summed E-state index contributed by atoms with van der Waals surface area (Å²) in [6.45, 7) is 2.66. The Bertz CT molecular complexity index is 674. The zero-order valence-corrected chi connectivity index (χ0v) is 11.3. The van der Waals surface area contributed by atoms with E-state index in [0.717, 1.165) is 40.8 Å². The second kappa shape index (κ2) is 5.00. The molecule has 0 fully saturated rings. The van der Waals surface area contributed by atoms with Crippen LogP contribution in [0.5, 0.6) is 5.75 Å². The molecule has 0 aromatic heterocycles. The molecule has 0 unspecified atom stereocenters. The van der Waals surface area contributed by atoms with Gasteiger partial charge in [-0.1, -0.05) is 35.9 Å². The maximum atomic E-state index is 11.4. The summed E-state index contributed by atoms with van der Waals surface area (Å²) >= 11 is 0. The Morgan fingerprint density at radius 3 is 2.85 bits per heavy atom. The van der Waals surface area contributed by atoms with Gasteiger partial charge < -0.3 is 9.84 Å². The third-order valence-electron chi connectivity index (χ3n) is 3.63. The van der Waals surface area contributed by atoms with Gasteiger partial charge in [0.1, 0.15) is 5.75 Å². The quantitative estimate of drug-likeness (QED) is 0.903. The Hall–Kier alpha value is -2.29. The maximum Gasteiger partial charge on any atom is 0.336 e. The van der Waals surface area contributed by atoms with Crippen LogP contribution < -0.4 is 4.74 Å². The summed E-state index contributed by atoms with van der Waals surface area (Å²) in [6.07, 6.45) is 1.99. The zero-order chi connectivity index (χ0) is 14.1. The van der Waals surface area contributed by atoms with E-state index in [1.165, 1.54) is 0 Å². The molecule has 0 spiro atoms. The van der Waals surface area contributed by atoms with E-state index in [4.69, 9.17) is 4.74 Å². The molecule has 0 bridgehead atoms. The van der Waals surface area contributed by atoms with Crippen molar-refractivity contribution in [3.8, 4) is 16.9 Å². The Labute approximate surface area is 117 Å². The monoisotopic (exact) mass is 268 g/mol. The fourth-order valence-corrected chi connectivity index (χ4v) is 2.67. The van der Waals surface area contributed by atoms with Crippen LogP contribution in [0, 0.1) is 6.92 Å². The number of benzene rings is 2. The van der Waals surface area contributed by atoms with Crippen molar-refractivity contribution >= 4 is 5.97 Å². The van der Waals surface area contributed by atoms with Gasteiger partial charge in [-0.05, 0) is 31.4 Å². The smallest absolute Gasteiger partial charge is 0.336 e. The maximum absolute atomic E-state index is 11.4. The van der Waals surface area contributed by atoms with Crippen molar-refractivity contribution in [1.29, 1.82) is 0 Å². The standard InChI is InChI=1S/C17H16O3/c1-11-7-8-14(17(18)19)15(10-11)13-6-2-4-12-5-3-9-20-16(12)13/h2,4,6-8,10H,3,5,9H2,1H3,(H,18,19). The summed E-state index contributed by atoms with van der Waals surface area (Å²) < 4.78 is 5.79. The molecule has 3 heteroatoms. The highest BCUT2D eigenvalue weighted by molar-refractivity contribution is 5.97. The van der Waals surface area contributed by atoms with E-state index in [-0.39, 0.29) is 0 Å². The molecule has 1 aliphatic heterocycles. The second-order valence-electron chi connectivity index (χ2n) is 5.10. The molecule has 0 amide bonds. The number of aryl methyl sites for hydroxylation is 2. The average Bonchev–Trinajstić information content (AvgIpc) is 2.46. The Kier molecular flexibility index (Phi) is 3.18. The molecule has 2 aromatic carbocycles. The van der Waals surface area contributed by atoms with Gasteiger partial charge in [0.05, 0.1) is 12.2 Å². The van der Waals surface area contributed by atoms with E-state index in [1.807, 2.05) is 37.3 Å². The van der Waals surface area contributed by atoms with E-state index >= 15 is 0 Å². The highest BCUT2D eigenvalue weighted by Gasteiger charge is 2.19. The molecule has 1 N–H and O–H groups in total. The Morgan fingerprint density at radius 1 is 1.20 bits per heavy atom. The number of hydrogen-bond acceptors (Lipinski definition) is 2. The number of carboxylic acids is 1. The van der Waals surface area contributed by atoms with Gasteiger partial charge in [0.25, 0.3) is 0 Å². The minimum atomic E-state index is -0.909. The van der Waals surface area contributed by atoms with Gasteiger partial charge >= 0.3 is 5.97 Å². The number of ether oxygens (including phenoxy) is 1. The fourth-order valence-electron chi connectivity index (χ4n) is 2.67.